The highest BCUT2D eigenvalue weighted by Crippen LogP contribution is 2.24. The van der Waals surface area contributed by atoms with Crippen LogP contribution >= 0.6 is 0 Å². The number of rotatable bonds is 6. The van der Waals surface area contributed by atoms with E-state index in [9.17, 15) is 14.9 Å². The van der Waals surface area contributed by atoms with Gasteiger partial charge in [0.15, 0.2) is 0 Å². The van der Waals surface area contributed by atoms with Crippen molar-refractivity contribution in [3.05, 3.63) is 33.9 Å². The highest BCUT2D eigenvalue weighted by molar-refractivity contribution is 5.98. The quantitative estimate of drug-likeness (QED) is 0.617. The van der Waals surface area contributed by atoms with Gasteiger partial charge in [-0.3, -0.25) is 14.9 Å². The van der Waals surface area contributed by atoms with Crippen LogP contribution in [-0.2, 0) is 11.2 Å². The summed E-state index contributed by atoms with van der Waals surface area (Å²) in [6.07, 6.45) is 1.57. The van der Waals surface area contributed by atoms with Gasteiger partial charge in [-0.15, -0.1) is 0 Å². The first-order valence-corrected chi connectivity index (χ1v) is 6.75. The van der Waals surface area contributed by atoms with Crippen LogP contribution in [0.2, 0.25) is 0 Å². The minimum atomic E-state index is -0.946. The number of nitrogens with one attached hydrogen (secondary N) is 1. The molecule has 0 aliphatic rings. The third-order valence-corrected chi connectivity index (χ3v) is 3.63. The molecule has 20 heavy (non-hydrogen) atoms. The van der Waals surface area contributed by atoms with Crippen molar-refractivity contribution in [2.45, 2.75) is 45.6 Å². The predicted molar refractivity (Wildman–Crippen MR) is 78.6 cm³/mol. The maximum absolute atomic E-state index is 12.1. The molecule has 3 N–H and O–H groups in total. The summed E-state index contributed by atoms with van der Waals surface area (Å²) in [5.41, 5.74) is 6.10. The average Bonchev–Trinajstić information content (AvgIpc) is 2.46. The SMILES string of the molecule is CCc1ccc(NC(=O)C(N)(CC)CC)cc1[N+](=O)[O-]. The minimum absolute atomic E-state index is 0.0147. The van der Waals surface area contributed by atoms with E-state index in [1.54, 1.807) is 12.1 Å². The molecule has 0 aliphatic carbocycles. The molecule has 1 aromatic carbocycles. The molecule has 1 rings (SSSR count). The maximum atomic E-state index is 12.1. The van der Waals surface area contributed by atoms with Crippen LogP contribution in [0.15, 0.2) is 18.2 Å². The molecule has 0 saturated carbocycles. The summed E-state index contributed by atoms with van der Waals surface area (Å²) in [5.74, 6) is -0.318. The average molecular weight is 279 g/mol. The second kappa shape index (κ2) is 6.47. The summed E-state index contributed by atoms with van der Waals surface area (Å²) in [6, 6.07) is 4.70. The number of nitrogens with two attached hydrogens (primary N) is 1. The number of aryl methyl sites for hydroxylation is 1. The van der Waals surface area contributed by atoms with Gasteiger partial charge in [-0.25, -0.2) is 0 Å². The van der Waals surface area contributed by atoms with Crippen molar-refractivity contribution in [1.29, 1.82) is 0 Å². The summed E-state index contributed by atoms with van der Waals surface area (Å²) >= 11 is 0. The number of hydrogen-bond acceptors (Lipinski definition) is 4. The molecule has 0 unspecified atom stereocenters. The highest BCUT2D eigenvalue weighted by atomic mass is 16.6. The van der Waals surface area contributed by atoms with Gasteiger partial charge in [-0.1, -0.05) is 26.8 Å². The van der Waals surface area contributed by atoms with Crippen molar-refractivity contribution < 1.29 is 9.72 Å². The summed E-state index contributed by atoms with van der Waals surface area (Å²) < 4.78 is 0. The molecule has 0 heterocycles. The molecule has 0 bridgehead atoms. The van der Waals surface area contributed by atoms with E-state index < -0.39 is 10.5 Å². The van der Waals surface area contributed by atoms with Gasteiger partial charge in [0.25, 0.3) is 5.69 Å². The van der Waals surface area contributed by atoms with E-state index >= 15 is 0 Å². The molecular formula is C14H21N3O3. The Balaban J connectivity index is 3.02. The number of amides is 1. The molecule has 6 nitrogen and oxygen atoms in total. The Hall–Kier alpha value is -1.95. The van der Waals surface area contributed by atoms with Crippen molar-refractivity contribution >= 4 is 17.3 Å². The van der Waals surface area contributed by atoms with Crippen LogP contribution < -0.4 is 11.1 Å². The molecule has 0 aromatic heterocycles. The van der Waals surface area contributed by atoms with E-state index in [1.165, 1.54) is 6.07 Å². The molecule has 0 fully saturated rings. The van der Waals surface area contributed by atoms with Crippen LogP contribution in [0.25, 0.3) is 0 Å². The lowest BCUT2D eigenvalue weighted by Gasteiger charge is -2.25. The Labute approximate surface area is 118 Å². The van der Waals surface area contributed by atoms with Crippen LogP contribution in [0.3, 0.4) is 0 Å². The molecule has 0 saturated heterocycles. The Morgan fingerprint density at radius 2 is 1.95 bits per heavy atom. The van der Waals surface area contributed by atoms with E-state index in [0.29, 0.717) is 30.5 Å². The van der Waals surface area contributed by atoms with Crippen molar-refractivity contribution in [3.8, 4) is 0 Å². The number of carbonyl (C=O) groups excluding carboxylic acids is 1. The van der Waals surface area contributed by atoms with E-state index in [2.05, 4.69) is 5.32 Å². The van der Waals surface area contributed by atoms with Gasteiger partial charge in [0.1, 0.15) is 0 Å². The van der Waals surface area contributed by atoms with Gasteiger partial charge >= 0.3 is 0 Å². The second-order valence-corrected chi connectivity index (χ2v) is 4.77. The number of anilines is 1. The number of nitro groups is 1. The number of carbonyl (C=O) groups is 1. The fourth-order valence-electron chi connectivity index (χ4n) is 1.94. The fourth-order valence-corrected chi connectivity index (χ4v) is 1.94. The standard InChI is InChI=1S/C14H21N3O3/c1-4-10-7-8-11(9-12(10)17(19)20)16-13(18)14(15,5-2)6-3/h7-9H,4-6,15H2,1-3H3,(H,16,18). The fraction of sp³-hybridized carbons (Fsp3) is 0.500. The first kappa shape index (κ1) is 16.1. The molecule has 0 aliphatic heterocycles. The Bertz CT molecular complexity index is 510. The van der Waals surface area contributed by atoms with Crippen molar-refractivity contribution in [2.24, 2.45) is 5.73 Å². The third kappa shape index (κ3) is 3.33. The monoisotopic (exact) mass is 279 g/mol. The van der Waals surface area contributed by atoms with Crippen molar-refractivity contribution in [1.82, 2.24) is 0 Å². The Morgan fingerprint density at radius 1 is 1.35 bits per heavy atom. The van der Waals surface area contributed by atoms with Crippen LogP contribution in [-0.4, -0.2) is 16.4 Å². The molecule has 110 valence electrons. The summed E-state index contributed by atoms with van der Waals surface area (Å²) in [7, 11) is 0. The zero-order valence-electron chi connectivity index (χ0n) is 12.1. The summed E-state index contributed by atoms with van der Waals surface area (Å²) in [5, 5.41) is 13.7. The van der Waals surface area contributed by atoms with Gasteiger partial charge < -0.3 is 11.1 Å². The molecule has 0 spiro atoms. The zero-order valence-corrected chi connectivity index (χ0v) is 12.1. The van der Waals surface area contributed by atoms with Crippen LogP contribution in [0, 0.1) is 10.1 Å². The van der Waals surface area contributed by atoms with Gasteiger partial charge in [0, 0.05) is 17.3 Å². The van der Waals surface area contributed by atoms with Crippen LogP contribution in [0.5, 0.6) is 0 Å². The van der Waals surface area contributed by atoms with Crippen LogP contribution in [0.1, 0.15) is 39.2 Å². The van der Waals surface area contributed by atoms with Gasteiger partial charge in [-0.2, -0.15) is 0 Å². The Morgan fingerprint density at radius 3 is 2.40 bits per heavy atom. The number of nitrogens with zero attached hydrogens (tertiary/aromatic N) is 1. The zero-order chi connectivity index (χ0) is 15.3. The number of nitro benzene ring substituents is 1. The second-order valence-electron chi connectivity index (χ2n) is 4.77. The molecule has 1 aromatic rings. The minimum Gasteiger partial charge on any atom is -0.324 e. The van der Waals surface area contributed by atoms with E-state index in [4.69, 9.17) is 5.73 Å². The van der Waals surface area contributed by atoms with Crippen molar-refractivity contribution in [2.75, 3.05) is 5.32 Å². The van der Waals surface area contributed by atoms with E-state index in [0.717, 1.165) is 0 Å². The first-order valence-electron chi connectivity index (χ1n) is 6.75. The molecule has 0 atom stereocenters. The van der Waals surface area contributed by atoms with Gasteiger partial charge in [0.05, 0.1) is 10.5 Å². The van der Waals surface area contributed by atoms with Crippen molar-refractivity contribution in [3.63, 3.8) is 0 Å². The lowest BCUT2D eigenvalue weighted by atomic mass is 9.93. The molecule has 1 amide bonds. The first-order chi connectivity index (χ1) is 9.37. The van der Waals surface area contributed by atoms with E-state index in [1.807, 2.05) is 20.8 Å². The largest absolute Gasteiger partial charge is 0.324 e. The molecular weight excluding hydrogens is 258 g/mol. The normalized spacial score (nSPS) is 11.2. The number of benzene rings is 1. The van der Waals surface area contributed by atoms with Gasteiger partial charge in [-0.05, 0) is 25.3 Å². The summed E-state index contributed by atoms with van der Waals surface area (Å²) in [4.78, 5) is 22.7. The lowest BCUT2D eigenvalue weighted by molar-refractivity contribution is -0.385. The topological polar surface area (TPSA) is 98.3 Å². The van der Waals surface area contributed by atoms with Gasteiger partial charge in [0.2, 0.25) is 5.91 Å². The predicted octanol–water partition coefficient (Wildman–Crippen LogP) is 2.61. The van der Waals surface area contributed by atoms with Crippen LogP contribution in [0.4, 0.5) is 11.4 Å². The lowest BCUT2D eigenvalue weighted by Crippen LogP contribution is -2.50. The number of hydrogen-bond donors (Lipinski definition) is 2. The third-order valence-electron chi connectivity index (χ3n) is 3.63. The molecule has 0 radical (unpaired) electrons. The van der Waals surface area contributed by atoms with E-state index in [-0.39, 0.29) is 11.6 Å². The molecule has 6 heteroatoms. The maximum Gasteiger partial charge on any atom is 0.274 e. The Kier molecular flexibility index (Phi) is 5.21. The smallest absolute Gasteiger partial charge is 0.274 e. The highest BCUT2D eigenvalue weighted by Gasteiger charge is 2.30. The summed E-state index contributed by atoms with van der Waals surface area (Å²) in [6.45, 7) is 5.52.